The molecule has 0 bridgehead atoms. The molecule has 1 aliphatic carbocycles. The number of aromatic nitrogens is 4. The predicted molar refractivity (Wildman–Crippen MR) is 69.7 cm³/mol. The maximum atomic E-state index is 12.0. The lowest BCUT2D eigenvalue weighted by Gasteiger charge is -2.31. The number of aliphatic hydroxyl groups is 1. The summed E-state index contributed by atoms with van der Waals surface area (Å²) >= 11 is 0. The molecule has 112 valence electrons. The summed E-state index contributed by atoms with van der Waals surface area (Å²) < 4.78 is 5.20. The number of nitrogens with zero attached hydrogens (tertiary/aromatic N) is 3. The first-order valence-electron chi connectivity index (χ1n) is 6.91. The zero-order valence-electron chi connectivity index (χ0n) is 11.6. The van der Waals surface area contributed by atoms with E-state index >= 15 is 0 Å². The quantitative estimate of drug-likeness (QED) is 0.602. The van der Waals surface area contributed by atoms with Gasteiger partial charge in [-0.25, -0.2) is 0 Å². The van der Waals surface area contributed by atoms with Crippen molar-refractivity contribution in [2.45, 2.75) is 44.3 Å². The Morgan fingerprint density at radius 1 is 1.55 bits per heavy atom. The minimum Gasteiger partial charge on any atom is -0.390 e. The fourth-order valence-electron chi connectivity index (χ4n) is 2.50. The van der Waals surface area contributed by atoms with Crippen LogP contribution in [-0.4, -0.2) is 57.5 Å². The largest absolute Gasteiger partial charge is 0.390 e. The highest BCUT2D eigenvalue weighted by atomic mass is 16.5. The molecule has 1 aromatic rings. The number of hydrogen-bond acceptors (Lipinski definition) is 6. The van der Waals surface area contributed by atoms with Crippen molar-refractivity contribution in [2.24, 2.45) is 5.92 Å². The van der Waals surface area contributed by atoms with Gasteiger partial charge in [0.2, 0.25) is 5.91 Å². The van der Waals surface area contributed by atoms with Crippen LogP contribution in [0.5, 0.6) is 0 Å². The van der Waals surface area contributed by atoms with Crippen LogP contribution in [0, 0.1) is 5.92 Å². The van der Waals surface area contributed by atoms with E-state index in [0.717, 1.165) is 6.42 Å². The number of amides is 1. The van der Waals surface area contributed by atoms with Gasteiger partial charge >= 0.3 is 0 Å². The molecule has 0 saturated heterocycles. The summed E-state index contributed by atoms with van der Waals surface area (Å²) in [5, 5.41) is 26.2. The average Bonchev–Trinajstić information content (AvgIpc) is 2.97. The minimum atomic E-state index is -0.456. The monoisotopic (exact) mass is 283 g/mol. The Morgan fingerprint density at radius 3 is 3.10 bits per heavy atom. The van der Waals surface area contributed by atoms with Gasteiger partial charge in [0.25, 0.3) is 0 Å². The third kappa shape index (κ3) is 3.97. The van der Waals surface area contributed by atoms with E-state index in [1.165, 1.54) is 0 Å². The Bertz CT molecular complexity index is 411. The van der Waals surface area contributed by atoms with E-state index < -0.39 is 6.10 Å². The molecule has 8 heteroatoms. The number of ether oxygens (including phenoxy) is 1. The highest BCUT2D eigenvalue weighted by Gasteiger charge is 2.32. The molecule has 3 atom stereocenters. The minimum absolute atomic E-state index is 0.0343. The summed E-state index contributed by atoms with van der Waals surface area (Å²) in [5.74, 6) is 0.611. The second-order valence-electron chi connectivity index (χ2n) is 5.07. The maximum Gasteiger partial charge on any atom is 0.223 e. The van der Waals surface area contributed by atoms with Crippen LogP contribution in [0.25, 0.3) is 0 Å². The van der Waals surface area contributed by atoms with Crippen molar-refractivity contribution in [3.63, 3.8) is 0 Å². The van der Waals surface area contributed by atoms with Gasteiger partial charge in [-0.05, 0) is 25.7 Å². The summed E-state index contributed by atoms with van der Waals surface area (Å²) in [6.07, 6.45) is 2.65. The molecule has 1 amide bonds. The zero-order chi connectivity index (χ0) is 14.4. The number of carbonyl (C=O) groups is 1. The molecule has 8 nitrogen and oxygen atoms in total. The molecule has 2 rings (SSSR count). The Morgan fingerprint density at radius 2 is 2.40 bits per heavy atom. The van der Waals surface area contributed by atoms with Crippen molar-refractivity contribution >= 4 is 5.91 Å². The first-order valence-corrected chi connectivity index (χ1v) is 6.91. The molecule has 1 aliphatic rings. The second kappa shape index (κ2) is 7.30. The first-order chi connectivity index (χ1) is 9.70. The molecule has 0 aromatic carbocycles. The SMILES string of the molecule is CO[C@@H]1C[C@H](C(=O)NCCCc2nn[nH]n2)CC[C@@H]1O. The molecular weight excluding hydrogens is 262 g/mol. The Kier molecular flexibility index (Phi) is 5.42. The number of tetrazole rings is 1. The fourth-order valence-corrected chi connectivity index (χ4v) is 2.50. The van der Waals surface area contributed by atoms with Gasteiger partial charge in [-0.3, -0.25) is 4.79 Å². The first kappa shape index (κ1) is 14.9. The average molecular weight is 283 g/mol. The van der Waals surface area contributed by atoms with E-state index in [0.29, 0.717) is 38.1 Å². The molecule has 1 aromatic heterocycles. The highest BCUT2D eigenvalue weighted by molar-refractivity contribution is 5.78. The van der Waals surface area contributed by atoms with Gasteiger partial charge in [-0.1, -0.05) is 5.21 Å². The smallest absolute Gasteiger partial charge is 0.223 e. The highest BCUT2D eigenvalue weighted by Crippen LogP contribution is 2.26. The summed E-state index contributed by atoms with van der Waals surface area (Å²) in [4.78, 5) is 12.0. The topological polar surface area (TPSA) is 113 Å². The second-order valence-corrected chi connectivity index (χ2v) is 5.07. The lowest BCUT2D eigenvalue weighted by molar-refractivity contribution is -0.130. The van der Waals surface area contributed by atoms with Gasteiger partial charge in [0, 0.05) is 26.0 Å². The summed E-state index contributed by atoms with van der Waals surface area (Å²) in [5.41, 5.74) is 0. The number of methoxy groups -OCH3 is 1. The molecule has 0 radical (unpaired) electrons. The standard InChI is InChI=1S/C12H21N5O3/c1-20-10-7-8(4-5-9(10)18)12(19)13-6-2-3-11-14-16-17-15-11/h8-10,18H,2-7H2,1H3,(H,13,19)(H,14,15,16,17)/t8-,9+,10-/m1/s1. The van der Waals surface area contributed by atoms with Gasteiger partial charge in [-0.2, -0.15) is 5.21 Å². The molecule has 1 saturated carbocycles. The Balaban J connectivity index is 1.66. The normalized spacial score (nSPS) is 26.4. The maximum absolute atomic E-state index is 12.0. The number of nitrogens with one attached hydrogen (secondary N) is 2. The molecule has 0 aliphatic heterocycles. The Labute approximate surface area is 117 Å². The van der Waals surface area contributed by atoms with Crippen molar-refractivity contribution in [3.8, 4) is 0 Å². The van der Waals surface area contributed by atoms with E-state index in [1.54, 1.807) is 7.11 Å². The summed E-state index contributed by atoms with van der Waals surface area (Å²) in [6.45, 7) is 0.587. The molecule has 0 spiro atoms. The van der Waals surface area contributed by atoms with Crippen LogP contribution in [0.4, 0.5) is 0 Å². The van der Waals surface area contributed by atoms with Gasteiger partial charge in [0.05, 0.1) is 12.2 Å². The van der Waals surface area contributed by atoms with Crippen LogP contribution < -0.4 is 5.32 Å². The summed E-state index contributed by atoms with van der Waals surface area (Å²) in [7, 11) is 1.57. The van der Waals surface area contributed by atoms with Crippen molar-refractivity contribution in [1.29, 1.82) is 0 Å². The molecule has 1 heterocycles. The number of H-pyrrole nitrogens is 1. The van der Waals surface area contributed by atoms with Gasteiger partial charge in [0.1, 0.15) is 0 Å². The van der Waals surface area contributed by atoms with Crippen molar-refractivity contribution < 1.29 is 14.6 Å². The molecule has 1 fully saturated rings. The Hall–Kier alpha value is -1.54. The molecule has 20 heavy (non-hydrogen) atoms. The fraction of sp³-hybridized carbons (Fsp3) is 0.833. The number of hydrogen-bond donors (Lipinski definition) is 3. The van der Waals surface area contributed by atoms with Crippen LogP contribution >= 0.6 is 0 Å². The molecular formula is C12H21N5O3. The van der Waals surface area contributed by atoms with Gasteiger partial charge in [-0.15, -0.1) is 10.2 Å². The number of aromatic amines is 1. The number of rotatable bonds is 6. The van der Waals surface area contributed by atoms with E-state index in [-0.39, 0.29) is 17.9 Å². The zero-order valence-corrected chi connectivity index (χ0v) is 11.6. The molecule has 0 unspecified atom stereocenters. The number of aryl methyl sites for hydroxylation is 1. The number of aliphatic hydroxyl groups excluding tert-OH is 1. The summed E-state index contributed by atoms with van der Waals surface area (Å²) in [6, 6.07) is 0. The van der Waals surface area contributed by atoms with Crippen LogP contribution in [0.15, 0.2) is 0 Å². The van der Waals surface area contributed by atoms with Crippen LogP contribution in [0.2, 0.25) is 0 Å². The van der Waals surface area contributed by atoms with E-state index in [9.17, 15) is 9.90 Å². The van der Waals surface area contributed by atoms with E-state index in [1.807, 2.05) is 0 Å². The predicted octanol–water partition coefficient (Wildman–Crippen LogP) is -0.575. The van der Waals surface area contributed by atoms with Crippen molar-refractivity contribution in [2.75, 3.05) is 13.7 Å². The van der Waals surface area contributed by atoms with Crippen molar-refractivity contribution in [3.05, 3.63) is 5.82 Å². The molecule has 3 N–H and O–H groups in total. The van der Waals surface area contributed by atoms with Crippen LogP contribution in [0.3, 0.4) is 0 Å². The third-order valence-corrected chi connectivity index (χ3v) is 3.70. The lowest BCUT2D eigenvalue weighted by Crippen LogP contribution is -2.41. The van der Waals surface area contributed by atoms with E-state index in [4.69, 9.17) is 4.74 Å². The van der Waals surface area contributed by atoms with Gasteiger partial charge in [0.15, 0.2) is 5.82 Å². The third-order valence-electron chi connectivity index (χ3n) is 3.70. The van der Waals surface area contributed by atoms with Gasteiger partial charge < -0.3 is 15.2 Å². The van der Waals surface area contributed by atoms with Crippen LogP contribution in [0.1, 0.15) is 31.5 Å². The number of carbonyl (C=O) groups excluding carboxylic acids is 1. The lowest BCUT2D eigenvalue weighted by atomic mass is 9.84. The van der Waals surface area contributed by atoms with Crippen LogP contribution in [-0.2, 0) is 16.0 Å². The van der Waals surface area contributed by atoms with E-state index in [2.05, 4.69) is 25.9 Å². The van der Waals surface area contributed by atoms with Crippen molar-refractivity contribution in [1.82, 2.24) is 25.9 Å².